The molecule has 0 amide bonds. The molecule has 0 aliphatic carbocycles. The summed E-state index contributed by atoms with van der Waals surface area (Å²) in [6.45, 7) is 3.61. The van der Waals surface area contributed by atoms with Crippen LogP contribution in [-0.2, 0) is 16.3 Å². The van der Waals surface area contributed by atoms with Crippen LogP contribution in [0.5, 0.6) is 0 Å². The fraction of sp³-hybridized carbons (Fsp3) is 0.571. The highest BCUT2D eigenvalue weighted by molar-refractivity contribution is 7.90. The van der Waals surface area contributed by atoms with Gasteiger partial charge in [-0.3, -0.25) is 0 Å². The van der Waals surface area contributed by atoms with E-state index in [0.717, 1.165) is 18.7 Å². The Bertz CT molecular complexity index is 488. The molecule has 0 spiro atoms. The van der Waals surface area contributed by atoms with Gasteiger partial charge < -0.3 is 5.32 Å². The van der Waals surface area contributed by atoms with Gasteiger partial charge in [0, 0.05) is 6.26 Å². The lowest BCUT2D eigenvalue weighted by molar-refractivity contribution is 0.464. The maximum Gasteiger partial charge on any atom is 0.147 e. The van der Waals surface area contributed by atoms with Gasteiger partial charge in [-0.1, -0.05) is 19.1 Å². The Balaban J connectivity index is 2.63. The molecule has 0 radical (unpaired) electrons. The summed E-state index contributed by atoms with van der Waals surface area (Å²) in [5.41, 5.74) is 0.913. The second-order valence-corrected chi connectivity index (χ2v) is 7.19. The summed E-state index contributed by atoms with van der Waals surface area (Å²) >= 11 is 0. The molecule has 3 nitrogen and oxygen atoms in total. The summed E-state index contributed by atoms with van der Waals surface area (Å²) in [4.78, 5) is 0. The molecule has 1 aromatic rings. The van der Waals surface area contributed by atoms with Crippen molar-refractivity contribution in [2.24, 2.45) is 5.92 Å². The van der Waals surface area contributed by atoms with Crippen molar-refractivity contribution in [2.45, 2.75) is 19.8 Å². The lowest BCUT2D eigenvalue weighted by Crippen LogP contribution is -2.26. The van der Waals surface area contributed by atoms with Crippen molar-refractivity contribution in [2.75, 3.05) is 25.1 Å². The fourth-order valence-electron chi connectivity index (χ4n) is 2.00. The zero-order chi connectivity index (χ0) is 14.3. The molecule has 0 saturated heterocycles. The van der Waals surface area contributed by atoms with Crippen molar-refractivity contribution in [1.29, 1.82) is 0 Å². The quantitative estimate of drug-likeness (QED) is 0.796. The van der Waals surface area contributed by atoms with Crippen molar-refractivity contribution >= 4 is 9.84 Å². The lowest BCUT2D eigenvalue weighted by atomic mass is 9.97. The highest BCUT2D eigenvalue weighted by atomic mass is 32.2. The van der Waals surface area contributed by atoms with E-state index in [0.29, 0.717) is 12.8 Å². The van der Waals surface area contributed by atoms with Gasteiger partial charge in [0.2, 0.25) is 0 Å². The average molecular weight is 287 g/mol. The molecule has 1 aromatic carbocycles. The van der Waals surface area contributed by atoms with Gasteiger partial charge in [0.15, 0.2) is 0 Å². The van der Waals surface area contributed by atoms with Crippen LogP contribution >= 0.6 is 0 Å². The number of nitrogens with one attached hydrogen (secondary N) is 1. The first kappa shape index (κ1) is 16.1. The SMILES string of the molecule is CCNCC(CCS(C)(=O)=O)Cc1cccc(F)c1. The molecular weight excluding hydrogens is 265 g/mol. The maximum atomic E-state index is 13.1. The molecule has 1 rings (SSSR count). The van der Waals surface area contributed by atoms with Gasteiger partial charge in [0.1, 0.15) is 15.7 Å². The van der Waals surface area contributed by atoms with Gasteiger partial charge in [0.05, 0.1) is 5.75 Å². The zero-order valence-corrected chi connectivity index (χ0v) is 12.3. The molecule has 1 N–H and O–H groups in total. The molecule has 0 aliphatic heterocycles. The van der Waals surface area contributed by atoms with Crippen molar-refractivity contribution in [3.8, 4) is 0 Å². The smallest absolute Gasteiger partial charge is 0.147 e. The minimum absolute atomic E-state index is 0.179. The summed E-state index contributed by atoms with van der Waals surface area (Å²) in [5.74, 6) is 0.137. The van der Waals surface area contributed by atoms with Crippen LogP contribution in [0.1, 0.15) is 18.9 Å². The molecular formula is C14H22FNO2S. The standard InChI is InChI=1S/C14H22FNO2S/c1-3-16-11-13(7-8-19(2,17)18)9-12-5-4-6-14(15)10-12/h4-6,10,13,16H,3,7-9,11H2,1-2H3. The summed E-state index contributed by atoms with van der Waals surface area (Å²) in [6, 6.07) is 6.49. The fourth-order valence-corrected chi connectivity index (χ4v) is 2.76. The van der Waals surface area contributed by atoms with Crippen LogP contribution in [-0.4, -0.2) is 33.5 Å². The molecule has 0 heterocycles. The van der Waals surface area contributed by atoms with E-state index >= 15 is 0 Å². The highest BCUT2D eigenvalue weighted by Gasteiger charge is 2.13. The first-order chi connectivity index (χ1) is 8.90. The topological polar surface area (TPSA) is 46.2 Å². The molecule has 5 heteroatoms. The molecule has 1 unspecified atom stereocenters. The Kier molecular flexibility index (Phi) is 6.45. The normalized spacial score (nSPS) is 13.4. The predicted molar refractivity (Wildman–Crippen MR) is 76.5 cm³/mol. The van der Waals surface area contributed by atoms with Crippen molar-refractivity contribution in [3.05, 3.63) is 35.6 Å². The molecule has 0 aromatic heterocycles. The number of sulfone groups is 1. The monoisotopic (exact) mass is 287 g/mol. The number of benzene rings is 1. The Hall–Kier alpha value is -0.940. The first-order valence-electron chi connectivity index (χ1n) is 6.53. The summed E-state index contributed by atoms with van der Waals surface area (Å²) in [5, 5.41) is 3.23. The number of halogens is 1. The Morgan fingerprint density at radius 3 is 2.68 bits per heavy atom. The zero-order valence-electron chi connectivity index (χ0n) is 11.5. The van der Waals surface area contributed by atoms with E-state index in [2.05, 4.69) is 5.32 Å². The molecule has 19 heavy (non-hydrogen) atoms. The molecule has 0 bridgehead atoms. The summed E-state index contributed by atoms with van der Waals surface area (Å²) < 4.78 is 35.6. The van der Waals surface area contributed by atoms with Crippen molar-refractivity contribution < 1.29 is 12.8 Å². The first-order valence-corrected chi connectivity index (χ1v) is 8.59. The Labute approximate surface area is 115 Å². The molecule has 0 saturated carbocycles. The highest BCUT2D eigenvalue weighted by Crippen LogP contribution is 2.14. The van der Waals surface area contributed by atoms with Crippen molar-refractivity contribution in [3.63, 3.8) is 0 Å². The van der Waals surface area contributed by atoms with Crippen LogP contribution in [0.2, 0.25) is 0 Å². The van der Waals surface area contributed by atoms with Gasteiger partial charge >= 0.3 is 0 Å². The van der Waals surface area contributed by atoms with Crippen LogP contribution in [0.4, 0.5) is 4.39 Å². The number of hydrogen-bond donors (Lipinski definition) is 1. The van der Waals surface area contributed by atoms with Gasteiger partial charge in [-0.2, -0.15) is 0 Å². The van der Waals surface area contributed by atoms with E-state index in [1.54, 1.807) is 6.07 Å². The van der Waals surface area contributed by atoms with Gasteiger partial charge in [0.25, 0.3) is 0 Å². The van der Waals surface area contributed by atoms with Crippen LogP contribution in [0.25, 0.3) is 0 Å². The second-order valence-electron chi connectivity index (χ2n) is 4.93. The maximum absolute atomic E-state index is 13.1. The lowest BCUT2D eigenvalue weighted by Gasteiger charge is -2.17. The van der Waals surface area contributed by atoms with Crippen LogP contribution < -0.4 is 5.32 Å². The van der Waals surface area contributed by atoms with Crippen molar-refractivity contribution in [1.82, 2.24) is 5.32 Å². The third-order valence-corrected chi connectivity index (χ3v) is 3.97. The third kappa shape index (κ3) is 7.28. The Morgan fingerprint density at radius 2 is 2.11 bits per heavy atom. The van der Waals surface area contributed by atoms with E-state index in [-0.39, 0.29) is 17.5 Å². The number of rotatable bonds is 8. The molecule has 1 atom stereocenters. The van der Waals surface area contributed by atoms with Gasteiger partial charge in [-0.15, -0.1) is 0 Å². The third-order valence-electron chi connectivity index (χ3n) is 2.99. The van der Waals surface area contributed by atoms with Crippen LogP contribution in [0.3, 0.4) is 0 Å². The average Bonchev–Trinajstić information content (AvgIpc) is 2.31. The van der Waals surface area contributed by atoms with E-state index in [1.165, 1.54) is 18.4 Å². The number of hydrogen-bond acceptors (Lipinski definition) is 3. The van der Waals surface area contributed by atoms with Crippen LogP contribution in [0.15, 0.2) is 24.3 Å². The second kappa shape index (κ2) is 7.60. The molecule has 108 valence electrons. The molecule has 0 aliphatic rings. The minimum Gasteiger partial charge on any atom is -0.317 e. The summed E-state index contributed by atoms with van der Waals surface area (Å²) in [7, 11) is -2.95. The predicted octanol–water partition coefficient (Wildman–Crippen LogP) is 2.03. The minimum atomic E-state index is -2.95. The summed E-state index contributed by atoms with van der Waals surface area (Å²) in [6.07, 6.45) is 2.54. The Morgan fingerprint density at radius 1 is 1.37 bits per heavy atom. The van der Waals surface area contributed by atoms with E-state index in [9.17, 15) is 12.8 Å². The van der Waals surface area contributed by atoms with Gasteiger partial charge in [-0.25, -0.2) is 12.8 Å². The van der Waals surface area contributed by atoms with E-state index < -0.39 is 9.84 Å². The van der Waals surface area contributed by atoms with Crippen LogP contribution in [0, 0.1) is 11.7 Å². The van der Waals surface area contributed by atoms with E-state index in [4.69, 9.17) is 0 Å². The molecule has 0 fully saturated rings. The largest absolute Gasteiger partial charge is 0.317 e. The van der Waals surface area contributed by atoms with E-state index in [1.807, 2.05) is 13.0 Å². The van der Waals surface area contributed by atoms with Gasteiger partial charge in [-0.05, 0) is 49.5 Å².